The maximum Gasteiger partial charge on any atom is 0.243 e. The van der Waals surface area contributed by atoms with Crippen molar-refractivity contribution in [1.82, 2.24) is 24.1 Å². The Morgan fingerprint density at radius 2 is 2.12 bits per heavy atom. The van der Waals surface area contributed by atoms with E-state index in [4.69, 9.17) is 16.3 Å². The summed E-state index contributed by atoms with van der Waals surface area (Å²) in [5, 5.41) is 7.43. The van der Waals surface area contributed by atoms with Crippen molar-refractivity contribution in [2.75, 3.05) is 12.4 Å². The Morgan fingerprint density at radius 3 is 3.00 bits per heavy atom. The Balaban J connectivity index is 1.66. The fourth-order valence-corrected chi connectivity index (χ4v) is 2.59. The lowest BCUT2D eigenvalue weighted by Gasteiger charge is -2.06. The first kappa shape index (κ1) is 14.5. The van der Waals surface area contributed by atoms with Gasteiger partial charge < -0.3 is 14.6 Å². The molecule has 24 heavy (non-hydrogen) atoms. The Labute approximate surface area is 142 Å². The average Bonchev–Trinajstić information content (AvgIpc) is 3.24. The van der Waals surface area contributed by atoms with Crippen LogP contribution in [-0.2, 0) is 0 Å². The molecule has 1 N–H and O–H groups in total. The predicted octanol–water partition coefficient (Wildman–Crippen LogP) is 3.32. The molecule has 7 nitrogen and oxygen atoms in total. The van der Waals surface area contributed by atoms with Crippen LogP contribution in [0.25, 0.3) is 11.2 Å². The summed E-state index contributed by atoms with van der Waals surface area (Å²) < 4.78 is 8.80. The largest absolute Gasteiger partial charge is 0.497 e. The van der Waals surface area contributed by atoms with Gasteiger partial charge in [0.1, 0.15) is 23.4 Å². The molecule has 8 heteroatoms. The third-order valence-corrected chi connectivity index (χ3v) is 3.71. The predicted molar refractivity (Wildman–Crippen MR) is 91.4 cm³/mol. The first-order chi connectivity index (χ1) is 11.7. The molecule has 0 saturated carbocycles. The first-order valence-electron chi connectivity index (χ1n) is 7.19. The summed E-state index contributed by atoms with van der Waals surface area (Å²) in [6.45, 7) is 0. The van der Waals surface area contributed by atoms with Crippen molar-refractivity contribution in [3.63, 3.8) is 0 Å². The highest BCUT2D eigenvalue weighted by atomic mass is 35.5. The lowest BCUT2D eigenvalue weighted by atomic mass is 10.3. The van der Waals surface area contributed by atoms with Crippen LogP contribution < -0.4 is 10.1 Å². The van der Waals surface area contributed by atoms with Gasteiger partial charge in [-0.05, 0) is 35.9 Å². The maximum absolute atomic E-state index is 5.96. The van der Waals surface area contributed by atoms with Crippen molar-refractivity contribution in [2.24, 2.45) is 0 Å². The van der Waals surface area contributed by atoms with Crippen LogP contribution in [0, 0.1) is 0 Å². The molecular weight excluding hydrogens is 328 g/mol. The van der Waals surface area contributed by atoms with Gasteiger partial charge in [-0.15, -0.1) is 5.10 Å². The summed E-state index contributed by atoms with van der Waals surface area (Å²) in [6, 6.07) is 11.5. The quantitative estimate of drug-likeness (QED) is 0.617. The van der Waals surface area contributed by atoms with Crippen molar-refractivity contribution >= 4 is 28.8 Å². The zero-order chi connectivity index (χ0) is 16.5. The van der Waals surface area contributed by atoms with Crippen LogP contribution in [0.15, 0.2) is 55.1 Å². The van der Waals surface area contributed by atoms with Crippen LogP contribution in [-0.4, -0.2) is 31.3 Å². The highest BCUT2D eigenvalue weighted by Gasteiger charge is 2.09. The van der Waals surface area contributed by atoms with Gasteiger partial charge in [0.2, 0.25) is 5.28 Å². The number of benzene rings is 1. The summed E-state index contributed by atoms with van der Waals surface area (Å²) in [6.07, 6.45) is 5.39. The molecule has 4 rings (SSSR count). The van der Waals surface area contributed by atoms with Gasteiger partial charge in [0.05, 0.1) is 19.0 Å². The molecule has 0 aliphatic heterocycles. The van der Waals surface area contributed by atoms with Gasteiger partial charge in [0.25, 0.3) is 0 Å². The Kier molecular flexibility index (Phi) is 3.55. The van der Waals surface area contributed by atoms with E-state index in [0.29, 0.717) is 11.6 Å². The molecular formula is C16H13ClN6O. The lowest BCUT2D eigenvalue weighted by Crippen LogP contribution is -2.01. The zero-order valence-corrected chi connectivity index (χ0v) is 13.5. The van der Waals surface area contributed by atoms with E-state index >= 15 is 0 Å². The molecule has 0 aliphatic carbocycles. The SMILES string of the molecule is COc1cccc(-n2cnc(Nc3nc(Cl)nn4cccc34)c2)c1. The van der Waals surface area contributed by atoms with Gasteiger partial charge in [-0.2, -0.15) is 4.98 Å². The molecule has 0 aliphatic rings. The summed E-state index contributed by atoms with van der Waals surface area (Å²) >= 11 is 5.96. The minimum atomic E-state index is 0.161. The number of nitrogens with one attached hydrogen (secondary N) is 1. The van der Waals surface area contributed by atoms with Crippen molar-refractivity contribution in [3.05, 3.63) is 60.4 Å². The number of fused-ring (bicyclic) bond motifs is 1. The highest BCUT2D eigenvalue weighted by molar-refractivity contribution is 6.28. The van der Waals surface area contributed by atoms with Gasteiger partial charge in [-0.1, -0.05) is 6.07 Å². The number of methoxy groups -OCH3 is 1. The van der Waals surface area contributed by atoms with Crippen LogP contribution in [0.4, 0.5) is 11.6 Å². The van der Waals surface area contributed by atoms with Crippen LogP contribution in [0.3, 0.4) is 0 Å². The standard InChI is InChI=1S/C16H13ClN6O/c1-24-12-5-2-4-11(8-12)22-9-14(18-10-22)19-15-13-6-3-7-23(13)21-16(17)20-15/h2-10H,1H3,(H,19,20,21). The van der Waals surface area contributed by atoms with Crippen LogP contribution >= 0.6 is 11.6 Å². The molecule has 0 bridgehead atoms. The molecule has 0 radical (unpaired) electrons. The van der Waals surface area contributed by atoms with E-state index < -0.39 is 0 Å². The maximum atomic E-state index is 5.96. The van der Waals surface area contributed by atoms with E-state index in [1.165, 1.54) is 0 Å². The number of anilines is 2. The van der Waals surface area contributed by atoms with Gasteiger partial charge >= 0.3 is 0 Å². The topological polar surface area (TPSA) is 69.3 Å². The number of nitrogens with zero attached hydrogens (tertiary/aromatic N) is 5. The van der Waals surface area contributed by atoms with Crippen molar-refractivity contribution in [1.29, 1.82) is 0 Å². The molecule has 1 aromatic carbocycles. The second-order valence-electron chi connectivity index (χ2n) is 5.06. The zero-order valence-electron chi connectivity index (χ0n) is 12.7. The second kappa shape index (κ2) is 5.86. The van der Waals surface area contributed by atoms with Gasteiger partial charge in [-0.3, -0.25) is 0 Å². The lowest BCUT2D eigenvalue weighted by molar-refractivity contribution is 0.414. The van der Waals surface area contributed by atoms with Crippen molar-refractivity contribution in [2.45, 2.75) is 0 Å². The second-order valence-corrected chi connectivity index (χ2v) is 5.40. The van der Waals surface area contributed by atoms with E-state index in [-0.39, 0.29) is 5.28 Å². The van der Waals surface area contributed by atoms with E-state index in [1.807, 2.05) is 53.4 Å². The number of ether oxygens (including phenoxy) is 1. The molecule has 3 aromatic heterocycles. The smallest absolute Gasteiger partial charge is 0.243 e. The van der Waals surface area contributed by atoms with Crippen molar-refractivity contribution in [3.8, 4) is 11.4 Å². The Hall–Kier alpha value is -3.06. The summed E-state index contributed by atoms with van der Waals surface area (Å²) in [4.78, 5) is 8.59. The van der Waals surface area contributed by atoms with Crippen LogP contribution in [0.5, 0.6) is 5.75 Å². The summed E-state index contributed by atoms with van der Waals surface area (Å²) in [5.41, 5.74) is 1.76. The number of halogens is 1. The number of hydrogen-bond acceptors (Lipinski definition) is 5. The fourth-order valence-electron chi connectivity index (χ4n) is 2.42. The monoisotopic (exact) mass is 340 g/mol. The minimum Gasteiger partial charge on any atom is -0.497 e. The molecule has 0 unspecified atom stereocenters. The Morgan fingerprint density at radius 1 is 1.21 bits per heavy atom. The average molecular weight is 341 g/mol. The molecule has 4 aromatic rings. The van der Waals surface area contributed by atoms with Crippen molar-refractivity contribution < 1.29 is 4.74 Å². The molecule has 0 atom stereocenters. The number of rotatable bonds is 4. The minimum absolute atomic E-state index is 0.161. The third kappa shape index (κ3) is 2.65. The third-order valence-electron chi connectivity index (χ3n) is 3.55. The van der Waals surface area contributed by atoms with E-state index in [9.17, 15) is 0 Å². The first-order valence-corrected chi connectivity index (χ1v) is 7.57. The molecule has 0 fully saturated rings. The molecule has 3 heterocycles. The summed E-state index contributed by atoms with van der Waals surface area (Å²) in [7, 11) is 1.64. The highest BCUT2D eigenvalue weighted by Crippen LogP contribution is 2.22. The molecule has 0 amide bonds. The van der Waals surface area contributed by atoms with Gasteiger partial charge in [0, 0.05) is 12.3 Å². The number of imidazole rings is 1. The van der Waals surface area contributed by atoms with Gasteiger partial charge in [0.15, 0.2) is 5.82 Å². The number of aromatic nitrogens is 5. The fraction of sp³-hybridized carbons (Fsp3) is 0.0625. The molecule has 0 spiro atoms. The number of hydrogen-bond donors (Lipinski definition) is 1. The summed E-state index contributed by atoms with van der Waals surface area (Å²) in [5.74, 6) is 2.03. The normalized spacial score (nSPS) is 10.9. The van der Waals surface area contributed by atoms with Crippen LogP contribution in [0.1, 0.15) is 0 Å². The van der Waals surface area contributed by atoms with Crippen LogP contribution in [0.2, 0.25) is 5.28 Å². The van der Waals surface area contributed by atoms with E-state index in [0.717, 1.165) is 17.0 Å². The van der Waals surface area contributed by atoms with E-state index in [1.54, 1.807) is 18.0 Å². The van der Waals surface area contributed by atoms with E-state index in [2.05, 4.69) is 20.4 Å². The van der Waals surface area contributed by atoms with Gasteiger partial charge in [-0.25, -0.2) is 9.50 Å². The molecule has 120 valence electrons. The Bertz CT molecular complexity index is 1010. The molecule has 0 saturated heterocycles.